The van der Waals surface area contributed by atoms with Crippen LogP contribution in [0.3, 0.4) is 0 Å². The Balaban J connectivity index is 1.85. The molecule has 0 spiro atoms. The molecule has 0 aliphatic heterocycles. The first kappa shape index (κ1) is 17.1. The van der Waals surface area contributed by atoms with Gasteiger partial charge in [0.25, 0.3) is 0 Å². The number of hydrogen-bond acceptors (Lipinski definition) is 5. The zero-order valence-electron chi connectivity index (χ0n) is 13.9. The Hall–Kier alpha value is -3.32. The van der Waals surface area contributed by atoms with Gasteiger partial charge in [-0.3, -0.25) is 4.98 Å². The fourth-order valence-electron chi connectivity index (χ4n) is 3.01. The van der Waals surface area contributed by atoms with Gasteiger partial charge in [-0.05, 0) is 12.1 Å². The van der Waals surface area contributed by atoms with Crippen molar-refractivity contribution in [2.75, 3.05) is 0 Å². The zero-order chi connectivity index (χ0) is 19.0. The number of para-hydroxylation sites is 1. The fraction of sp³-hybridized carbons (Fsp3) is 0.0526. The first-order chi connectivity index (χ1) is 13.0. The molecular weight excluding hydrogens is 366 g/mol. The maximum Gasteiger partial charge on any atom is 0.340 e. The quantitative estimate of drug-likeness (QED) is 0.427. The second kappa shape index (κ2) is 6.44. The van der Waals surface area contributed by atoms with Crippen LogP contribution < -0.4 is 4.18 Å². The van der Waals surface area contributed by atoms with Crippen LogP contribution in [0.1, 0.15) is 17.2 Å². The monoisotopic (exact) mass is 379 g/mol. The second-order valence-electron chi connectivity index (χ2n) is 5.89. The molecule has 0 saturated heterocycles. The van der Waals surface area contributed by atoms with Crippen molar-refractivity contribution in [2.24, 2.45) is 0 Å². The van der Waals surface area contributed by atoms with Crippen molar-refractivity contribution in [3.05, 3.63) is 83.5 Å². The number of benzene rings is 2. The molecule has 0 radical (unpaired) electrons. The third kappa shape index (κ3) is 2.92. The molecule has 0 bridgehead atoms. The number of hydrogen-bond donors (Lipinski definition) is 1. The van der Waals surface area contributed by atoms with E-state index in [1.165, 1.54) is 12.3 Å². The van der Waals surface area contributed by atoms with Crippen LogP contribution >= 0.6 is 0 Å². The number of aliphatic hydroxyl groups excluding tert-OH is 1. The van der Waals surface area contributed by atoms with Crippen LogP contribution in [0.25, 0.3) is 21.3 Å². The summed E-state index contributed by atoms with van der Waals surface area (Å²) in [6.07, 6.45) is 1.33. The molecule has 4 rings (SSSR count). The minimum absolute atomic E-state index is 0.132. The van der Waals surface area contributed by atoms with Crippen molar-refractivity contribution in [1.29, 1.82) is 0 Å². The highest BCUT2D eigenvalue weighted by Crippen LogP contribution is 2.36. The van der Waals surface area contributed by atoms with Crippen LogP contribution in [0.4, 0.5) is 0 Å². The highest BCUT2D eigenvalue weighted by molar-refractivity contribution is 7.96. The molecule has 1 N–H and O–H groups in total. The minimum Gasteiger partial charge on any atom is -0.378 e. The standard InChI is InChI=1S/C19H13N3O4S/c20-22-16-11-18(12-5-1-2-6-13(12)19(16)23)27(24,25)26-17-9-10-21-15-8-4-3-7-14(15)17/h1-11,19,23H. The molecule has 8 heteroatoms. The van der Waals surface area contributed by atoms with Crippen LogP contribution in [0.5, 0.6) is 5.75 Å². The first-order valence-corrected chi connectivity index (χ1v) is 9.41. The fourth-order valence-corrected chi connectivity index (χ4v) is 4.20. The third-order valence-corrected chi connectivity index (χ3v) is 5.55. The van der Waals surface area contributed by atoms with E-state index in [9.17, 15) is 13.5 Å². The van der Waals surface area contributed by atoms with E-state index in [1.807, 2.05) is 0 Å². The van der Waals surface area contributed by atoms with Crippen molar-refractivity contribution < 1.29 is 22.5 Å². The van der Waals surface area contributed by atoms with Crippen LogP contribution in [0, 0.1) is 0 Å². The summed E-state index contributed by atoms with van der Waals surface area (Å²) in [7, 11) is -4.28. The SMILES string of the molecule is [N-]=[N+]=C1C=C(S(=O)(=O)Oc2ccnc3ccccc23)c2ccccc2C1O. The molecule has 1 unspecified atom stereocenters. The predicted molar refractivity (Wildman–Crippen MR) is 99.3 cm³/mol. The maximum atomic E-state index is 13.0. The molecule has 0 saturated carbocycles. The average molecular weight is 379 g/mol. The Morgan fingerprint density at radius 1 is 1.07 bits per heavy atom. The van der Waals surface area contributed by atoms with Gasteiger partial charge in [0.05, 0.1) is 5.52 Å². The smallest absolute Gasteiger partial charge is 0.340 e. The number of aromatic nitrogens is 1. The van der Waals surface area contributed by atoms with Gasteiger partial charge in [0.15, 0.2) is 11.9 Å². The summed E-state index contributed by atoms with van der Waals surface area (Å²) < 4.78 is 31.4. The molecular formula is C19H13N3O4S. The van der Waals surface area contributed by atoms with Gasteiger partial charge in [-0.1, -0.05) is 36.4 Å². The largest absolute Gasteiger partial charge is 0.378 e. The predicted octanol–water partition coefficient (Wildman–Crippen LogP) is 2.70. The molecule has 0 amide bonds. The lowest BCUT2D eigenvalue weighted by Crippen LogP contribution is -2.22. The van der Waals surface area contributed by atoms with Crippen LogP contribution in [-0.4, -0.2) is 29.0 Å². The minimum atomic E-state index is -4.28. The first-order valence-electron chi connectivity index (χ1n) is 8.00. The lowest BCUT2D eigenvalue weighted by Gasteiger charge is -2.19. The van der Waals surface area contributed by atoms with E-state index < -0.39 is 16.2 Å². The van der Waals surface area contributed by atoms with Gasteiger partial charge in [-0.2, -0.15) is 13.2 Å². The van der Waals surface area contributed by atoms with Crippen molar-refractivity contribution in [1.82, 2.24) is 4.98 Å². The number of aliphatic hydroxyl groups is 1. The van der Waals surface area contributed by atoms with Crippen LogP contribution in [0.15, 0.2) is 66.9 Å². The summed E-state index contributed by atoms with van der Waals surface area (Å²) in [4.78, 5) is 6.99. The van der Waals surface area contributed by atoms with Gasteiger partial charge in [0.1, 0.15) is 4.91 Å². The van der Waals surface area contributed by atoms with Gasteiger partial charge in [0.2, 0.25) is 0 Å². The van der Waals surface area contributed by atoms with E-state index in [1.54, 1.807) is 48.5 Å². The Morgan fingerprint density at radius 3 is 2.63 bits per heavy atom. The van der Waals surface area contributed by atoms with Gasteiger partial charge in [0, 0.05) is 34.9 Å². The Kier molecular flexibility index (Phi) is 4.08. The number of fused-ring (bicyclic) bond motifs is 2. The van der Waals surface area contributed by atoms with Crippen molar-refractivity contribution in [3.63, 3.8) is 0 Å². The Labute approximate surface area is 154 Å². The van der Waals surface area contributed by atoms with Gasteiger partial charge in [-0.15, -0.1) is 0 Å². The summed E-state index contributed by atoms with van der Waals surface area (Å²) in [5.41, 5.74) is 10.2. The molecule has 1 atom stereocenters. The molecule has 0 fully saturated rings. The number of nitrogens with zero attached hydrogens (tertiary/aromatic N) is 3. The summed E-state index contributed by atoms with van der Waals surface area (Å²) in [5.74, 6) is 0.132. The lowest BCUT2D eigenvalue weighted by molar-refractivity contribution is -0.0188. The normalized spacial score (nSPS) is 16.4. The van der Waals surface area contributed by atoms with Crippen molar-refractivity contribution >= 4 is 31.6 Å². The molecule has 2 aromatic carbocycles. The maximum absolute atomic E-state index is 13.0. The van der Waals surface area contributed by atoms with Gasteiger partial charge >= 0.3 is 15.8 Å². The Morgan fingerprint density at radius 2 is 1.81 bits per heavy atom. The summed E-state index contributed by atoms with van der Waals surface area (Å²) in [6.45, 7) is 0. The van der Waals surface area contributed by atoms with Crippen LogP contribution in [-0.2, 0) is 10.1 Å². The summed E-state index contributed by atoms with van der Waals surface area (Å²) in [6, 6.07) is 14.9. The molecule has 7 nitrogen and oxygen atoms in total. The average Bonchev–Trinajstić information content (AvgIpc) is 2.68. The molecule has 27 heavy (non-hydrogen) atoms. The molecule has 1 aliphatic carbocycles. The van der Waals surface area contributed by atoms with E-state index in [2.05, 4.69) is 9.77 Å². The van der Waals surface area contributed by atoms with E-state index in [0.717, 1.165) is 6.08 Å². The van der Waals surface area contributed by atoms with E-state index in [4.69, 9.17) is 9.71 Å². The molecule has 1 heterocycles. The van der Waals surface area contributed by atoms with Crippen LogP contribution in [0.2, 0.25) is 0 Å². The van der Waals surface area contributed by atoms with E-state index >= 15 is 0 Å². The molecule has 134 valence electrons. The van der Waals surface area contributed by atoms with E-state index in [-0.39, 0.29) is 21.9 Å². The second-order valence-corrected chi connectivity index (χ2v) is 7.40. The number of pyridine rings is 1. The highest BCUT2D eigenvalue weighted by Gasteiger charge is 2.36. The lowest BCUT2D eigenvalue weighted by atomic mass is 9.93. The van der Waals surface area contributed by atoms with Gasteiger partial charge < -0.3 is 14.8 Å². The zero-order valence-corrected chi connectivity index (χ0v) is 14.7. The Bertz CT molecular complexity index is 1240. The molecule has 1 aromatic heterocycles. The molecule has 1 aliphatic rings. The topological polar surface area (TPSA) is 113 Å². The van der Waals surface area contributed by atoms with Crippen molar-refractivity contribution in [2.45, 2.75) is 6.10 Å². The third-order valence-electron chi connectivity index (χ3n) is 4.27. The van der Waals surface area contributed by atoms with Gasteiger partial charge in [-0.25, -0.2) is 0 Å². The highest BCUT2D eigenvalue weighted by atomic mass is 32.2. The van der Waals surface area contributed by atoms with E-state index in [0.29, 0.717) is 16.5 Å². The number of rotatable bonds is 3. The summed E-state index contributed by atoms with van der Waals surface area (Å²) >= 11 is 0. The van der Waals surface area contributed by atoms with Crippen molar-refractivity contribution in [3.8, 4) is 5.75 Å². The summed E-state index contributed by atoms with van der Waals surface area (Å²) in [5, 5.41) is 10.8. The molecule has 3 aromatic rings.